The van der Waals surface area contributed by atoms with Crippen molar-refractivity contribution in [2.24, 2.45) is 17.1 Å². The summed E-state index contributed by atoms with van der Waals surface area (Å²) in [5.74, 6) is 1.91. The van der Waals surface area contributed by atoms with E-state index in [1.165, 1.54) is 0 Å². The second-order valence-corrected chi connectivity index (χ2v) is 6.25. The van der Waals surface area contributed by atoms with E-state index in [0.29, 0.717) is 17.6 Å². The van der Waals surface area contributed by atoms with E-state index >= 15 is 0 Å². The van der Waals surface area contributed by atoms with Crippen molar-refractivity contribution in [2.75, 3.05) is 13.7 Å². The molecule has 2 N–H and O–H groups in total. The predicted octanol–water partition coefficient (Wildman–Crippen LogP) is 2.72. The van der Waals surface area contributed by atoms with Crippen LogP contribution in [0, 0.1) is 11.3 Å². The van der Waals surface area contributed by atoms with E-state index in [1.807, 2.05) is 0 Å². The molecule has 0 aliphatic rings. The first-order valence-corrected chi connectivity index (χ1v) is 6.93. The molecule has 110 valence electrons. The van der Waals surface area contributed by atoms with Crippen LogP contribution in [-0.4, -0.2) is 23.8 Å². The minimum Gasteiger partial charge on any atom is -0.373 e. The molecule has 0 fully saturated rings. The van der Waals surface area contributed by atoms with Gasteiger partial charge in [0.1, 0.15) is 6.10 Å². The van der Waals surface area contributed by atoms with Crippen molar-refractivity contribution in [3.05, 3.63) is 11.7 Å². The van der Waals surface area contributed by atoms with Gasteiger partial charge in [-0.15, -0.1) is 0 Å². The second-order valence-electron chi connectivity index (χ2n) is 6.25. The molecule has 1 aromatic heterocycles. The normalized spacial score (nSPS) is 15.5. The molecule has 5 nitrogen and oxygen atoms in total. The SMILES string of the molecule is COC(c1noc(CCC(C)CCN)n1)C(C)(C)C. The molecule has 0 amide bonds. The van der Waals surface area contributed by atoms with Gasteiger partial charge in [-0.3, -0.25) is 0 Å². The van der Waals surface area contributed by atoms with Gasteiger partial charge < -0.3 is 15.0 Å². The van der Waals surface area contributed by atoms with Crippen LogP contribution in [0.4, 0.5) is 0 Å². The van der Waals surface area contributed by atoms with Crippen LogP contribution in [0.2, 0.25) is 0 Å². The van der Waals surface area contributed by atoms with Crippen LogP contribution in [0.3, 0.4) is 0 Å². The molecule has 5 heteroatoms. The Morgan fingerprint density at radius 1 is 1.32 bits per heavy atom. The summed E-state index contributed by atoms with van der Waals surface area (Å²) in [6, 6.07) is 0. The summed E-state index contributed by atoms with van der Waals surface area (Å²) in [7, 11) is 1.68. The third-order valence-electron chi connectivity index (χ3n) is 3.25. The average Bonchev–Trinajstić information content (AvgIpc) is 2.74. The maximum absolute atomic E-state index is 5.54. The topological polar surface area (TPSA) is 74.2 Å². The van der Waals surface area contributed by atoms with Crippen LogP contribution in [0.5, 0.6) is 0 Å². The third-order valence-corrected chi connectivity index (χ3v) is 3.25. The van der Waals surface area contributed by atoms with E-state index in [0.717, 1.165) is 25.8 Å². The van der Waals surface area contributed by atoms with Gasteiger partial charge in [0.05, 0.1) is 0 Å². The number of rotatable bonds is 7. The van der Waals surface area contributed by atoms with Crippen molar-refractivity contribution in [1.82, 2.24) is 10.1 Å². The fourth-order valence-corrected chi connectivity index (χ4v) is 2.12. The molecule has 0 aromatic carbocycles. The average molecular weight is 269 g/mol. The first-order valence-electron chi connectivity index (χ1n) is 6.93. The predicted molar refractivity (Wildman–Crippen MR) is 74.7 cm³/mol. The van der Waals surface area contributed by atoms with Gasteiger partial charge in [0.25, 0.3) is 0 Å². The molecule has 2 atom stereocenters. The summed E-state index contributed by atoms with van der Waals surface area (Å²) < 4.78 is 10.8. The lowest BCUT2D eigenvalue weighted by molar-refractivity contribution is 0.00718. The van der Waals surface area contributed by atoms with Gasteiger partial charge in [-0.25, -0.2) is 0 Å². The van der Waals surface area contributed by atoms with Gasteiger partial charge in [-0.1, -0.05) is 32.9 Å². The highest BCUT2D eigenvalue weighted by Gasteiger charge is 2.30. The van der Waals surface area contributed by atoms with Crippen molar-refractivity contribution in [2.45, 2.75) is 53.1 Å². The lowest BCUT2D eigenvalue weighted by atomic mass is 9.88. The second kappa shape index (κ2) is 7.01. The Morgan fingerprint density at radius 3 is 2.53 bits per heavy atom. The fourth-order valence-electron chi connectivity index (χ4n) is 2.12. The molecule has 19 heavy (non-hydrogen) atoms. The summed E-state index contributed by atoms with van der Waals surface area (Å²) in [6.45, 7) is 9.21. The maximum atomic E-state index is 5.54. The molecule has 0 bridgehead atoms. The molecular formula is C14H27N3O2. The highest BCUT2D eigenvalue weighted by Crippen LogP contribution is 2.33. The van der Waals surface area contributed by atoms with Crippen molar-refractivity contribution in [3.8, 4) is 0 Å². The summed E-state index contributed by atoms with van der Waals surface area (Å²) >= 11 is 0. The zero-order valence-electron chi connectivity index (χ0n) is 12.8. The molecule has 1 aromatic rings. The van der Waals surface area contributed by atoms with Crippen LogP contribution in [0.15, 0.2) is 4.52 Å². The number of ether oxygens (including phenoxy) is 1. The Labute approximate surface area is 115 Å². The summed E-state index contributed by atoms with van der Waals surface area (Å²) in [4.78, 5) is 4.45. The molecule has 0 radical (unpaired) electrons. The van der Waals surface area contributed by atoms with E-state index in [9.17, 15) is 0 Å². The van der Waals surface area contributed by atoms with E-state index < -0.39 is 0 Å². The lowest BCUT2D eigenvalue weighted by Crippen LogP contribution is -2.21. The minimum atomic E-state index is -0.147. The van der Waals surface area contributed by atoms with Gasteiger partial charge in [0, 0.05) is 13.5 Å². The Kier molecular flexibility index (Phi) is 5.94. The molecule has 0 spiro atoms. The van der Waals surface area contributed by atoms with Gasteiger partial charge in [0.2, 0.25) is 11.7 Å². The van der Waals surface area contributed by atoms with Crippen molar-refractivity contribution < 1.29 is 9.26 Å². The third kappa shape index (κ3) is 4.91. The lowest BCUT2D eigenvalue weighted by Gasteiger charge is -2.26. The number of aromatic nitrogens is 2. The molecule has 0 saturated heterocycles. The zero-order valence-corrected chi connectivity index (χ0v) is 12.8. The van der Waals surface area contributed by atoms with Gasteiger partial charge in [-0.2, -0.15) is 4.98 Å². The Balaban J connectivity index is 2.61. The summed E-state index contributed by atoms with van der Waals surface area (Å²) in [5, 5.41) is 4.04. The van der Waals surface area contributed by atoms with Gasteiger partial charge in [0.15, 0.2) is 0 Å². The molecule has 1 rings (SSSR count). The van der Waals surface area contributed by atoms with Gasteiger partial charge >= 0.3 is 0 Å². The van der Waals surface area contributed by atoms with E-state index in [1.54, 1.807) is 7.11 Å². The fraction of sp³-hybridized carbons (Fsp3) is 0.857. The van der Waals surface area contributed by atoms with Crippen molar-refractivity contribution in [3.63, 3.8) is 0 Å². The Morgan fingerprint density at radius 2 is 2.00 bits per heavy atom. The van der Waals surface area contributed by atoms with Crippen LogP contribution in [0.1, 0.15) is 58.4 Å². The van der Waals surface area contributed by atoms with Crippen LogP contribution >= 0.6 is 0 Å². The zero-order chi connectivity index (χ0) is 14.5. The molecular weight excluding hydrogens is 242 g/mol. The van der Waals surface area contributed by atoms with Crippen LogP contribution in [0.25, 0.3) is 0 Å². The minimum absolute atomic E-state index is 0.0528. The number of hydrogen-bond donors (Lipinski definition) is 1. The summed E-state index contributed by atoms with van der Waals surface area (Å²) in [6.07, 6.45) is 2.70. The van der Waals surface area contributed by atoms with Crippen LogP contribution < -0.4 is 5.73 Å². The number of methoxy groups -OCH3 is 1. The number of nitrogens with two attached hydrogens (primary N) is 1. The molecule has 0 aliphatic carbocycles. The van der Waals surface area contributed by atoms with Crippen molar-refractivity contribution >= 4 is 0 Å². The van der Waals surface area contributed by atoms with Crippen molar-refractivity contribution in [1.29, 1.82) is 0 Å². The van der Waals surface area contributed by atoms with Gasteiger partial charge in [-0.05, 0) is 30.7 Å². The number of hydrogen-bond acceptors (Lipinski definition) is 5. The molecule has 2 unspecified atom stereocenters. The highest BCUT2D eigenvalue weighted by atomic mass is 16.5. The number of nitrogens with zero attached hydrogens (tertiary/aromatic N) is 2. The molecule has 0 aliphatic heterocycles. The van der Waals surface area contributed by atoms with E-state index in [4.69, 9.17) is 15.0 Å². The smallest absolute Gasteiger partial charge is 0.226 e. The first-order chi connectivity index (χ1) is 8.88. The Bertz CT molecular complexity index is 371. The van der Waals surface area contributed by atoms with E-state index in [2.05, 4.69) is 37.8 Å². The Hall–Kier alpha value is -0.940. The maximum Gasteiger partial charge on any atom is 0.226 e. The largest absolute Gasteiger partial charge is 0.373 e. The summed E-state index contributed by atoms with van der Waals surface area (Å²) in [5.41, 5.74) is 5.49. The highest BCUT2D eigenvalue weighted by molar-refractivity contribution is 4.96. The quantitative estimate of drug-likeness (QED) is 0.823. The standard InChI is InChI=1S/C14H27N3O2/c1-10(8-9-15)6-7-11-16-13(17-19-11)12(18-5)14(2,3)4/h10,12H,6-9,15H2,1-5H3. The first kappa shape index (κ1) is 16.1. The molecule has 0 saturated carbocycles. The monoisotopic (exact) mass is 269 g/mol. The molecule has 1 heterocycles. The number of aryl methyl sites for hydroxylation is 1. The van der Waals surface area contributed by atoms with Crippen LogP contribution in [-0.2, 0) is 11.2 Å². The van der Waals surface area contributed by atoms with E-state index in [-0.39, 0.29) is 11.5 Å².